The molecule has 0 bridgehead atoms. The second kappa shape index (κ2) is 8.84. The summed E-state index contributed by atoms with van der Waals surface area (Å²) in [5.74, 6) is -0.170. The van der Waals surface area contributed by atoms with Crippen LogP contribution < -0.4 is 5.32 Å². The van der Waals surface area contributed by atoms with Crippen molar-refractivity contribution in [3.05, 3.63) is 107 Å². The van der Waals surface area contributed by atoms with Crippen LogP contribution >= 0.6 is 0 Å². The van der Waals surface area contributed by atoms with Crippen LogP contribution in [-0.4, -0.2) is 15.7 Å². The van der Waals surface area contributed by atoms with Gasteiger partial charge in [-0.15, -0.1) is 0 Å². The lowest BCUT2D eigenvalue weighted by Crippen LogP contribution is -2.09. The zero-order valence-electron chi connectivity index (χ0n) is 18.0. The van der Waals surface area contributed by atoms with Gasteiger partial charge in [-0.05, 0) is 56.2 Å². The number of amides is 1. The first kappa shape index (κ1) is 20.4. The molecule has 4 rings (SSSR count). The minimum absolute atomic E-state index is 0.170. The molecule has 1 amide bonds. The number of benzene rings is 3. The smallest absolute Gasteiger partial charge is 0.248 e. The van der Waals surface area contributed by atoms with Gasteiger partial charge in [0.2, 0.25) is 5.91 Å². The molecule has 3 aromatic carbocycles. The quantitative estimate of drug-likeness (QED) is 0.405. The lowest BCUT2D eigenvalue weighted by Gasteiger charge is -2.07. The molecule has 0 radical (unpaired) electrons. The van der Waals surface area contributed by atoms with Crippen LogP contribution in [0.3, 0.4) is 0 Å². The Hall–Kier alpha value is -3.92. The van der Waals surface area contributed by atoms with Crippen molar-refractivity contribution in [3.63, 3.8) is 0 Å². The topological polar surface area (TPSA) is 46.9 Å². The summed E-state index contributed by atoms with van der Waals surface area (Å²) in [4.78, 5) is 12.6. The van der Waals surface area contributed by atoms with Gasteiger partial charge in [0.1, 0.15) is 0 Å². The summed E-state index contributed by atoms with van der Waals surface area (Å²) < 4.78 is 1.84. The zero-order chi connectivity index (χ0) is 21.8. The number of aryl methyl sites for hydroxylation is 3. The molecule has 0 aliphatic rings. The van der Waals surface area contributed by atoms with E-state index in [0.717, 1.165) is 39.3 Å². The molecule has 1 aromatic heterocycles. The van der Waals surface area contributed by atoms with Gasteiger partial charge in [0.25, 0.3) is 0 Å². The highest BCUT2D eigenvalue weighted by atomic mass is 16.1. The summed E-state index contributed by atoms with van der Waals surface area (Å²) in [5.41, 5.74) is 7.85. The van der Waals surface area contributed by atoms with E-state index < -0.39 is 0 Å². The second-order valence-corrected chi connectivity index (χ2v) is 7.72. The first-order valence-corrected chi connectivity index (χ1v) is 10.3. The van der Waals surface area contributed by atoms with Gasteiger partial charge < -0.3 is 5.32 Å². The Labute approximate surface area is 182 Å². The van der Waals surface area contributed by atoms with Crippen LogP contribution in [0.2, 0.25) is 0 Å². The van der Waals surface area contributed by atoms with Crippen LogP contribution in [0.1, 0.15) is 22.3 Å². The molecule has 0 saturated heterocycles. The van der Waals surface area contributed by atoms with E-state index in [-0.39, 0.29) is 5.91 Å². The molecule has 4 aromatic rings. The Morgan fingerprint density at radius 2 is 1.61 bits per heavy atom. The maximum Gasteiger partial charge on any atom is 0.248 e. The number of hydrogen-bond donors (Lipinski definition) is 1. The predicted octanol–water partition coefficient (Wildman–Crippen LogP) is 6.12. The van der Waals surface area contributed by atoms with Gasteiger partial charge in [-0.3, -0.25) is 4.79 Å². The number of nitrogens with zero attached hydrogens (tertiary/aromatic N) is 2. The fourth-order valence-corrected chi connectivity index (χ4v) is 3.37. The lowest BCUT2D eigenvalue weighted by atomic mass is 10.1. The number of para-hydroxylation sites is 1. The van der Waals surface area contributed by atoms with Crippen molar-refractivity contribution in [2.75, 3.05) is 5.32 Å². The van der Waals surface area contributed by atoms with Crippen LogP contribution in [0.5, 0.6) is 0 Å². The summed E-state index contributed by atoms with van der Waals surface area (Å²) in [5, 5.41) is 7.78. The number of hydrogen-bond acceptors (Lipinski definition) is 2. The molecule has 0 fully saturated rings. The number of carbonyl (C=O) groups excluding carboxylic acids is 1. The summed E-state index contributed by atoms with van der Waals surface area (Å²) >= 11 is 0. The second-order valence-electron chi connectivity index (χ2n) is 7.72. The van der Waals surface area contributed by atoms with Gasteiger partial charge in [0.05, 0.1) is 11.4 Å². The van der Waals surface area contributed by atoms with E-state index in [0.29, 0.717) is 0 Å². The third kappa shape index (κ3) is 4.81. The Kier molecular flexibility index (Phi) is 5.80. The Morgan fingerprint density at radius 1 is 0.903 bits per heavy atom. The Morgan fingerprint density at radius 3 is 2.35 bits per heavy atom. The monoisotopic (exact) mass is 407 g/mol. The fourth-order valence-electron chi connectivity index (χ4n) is 3.37. The highest BCUT2D eigenvalue weighted by Gasteiger charge is 2.11. The maximum atomic E-state index is 12.6. The SMILES string of the molecule is Cc1ccc(-c2nn(-c3ccccc3)cc2/C=C/C(=O)Nc2cc(C)ccc2C)cc1. The van der Waals surface area contributed by atoms with Gasteiger partial charge in [0.15, 0.2) is 0 Å². The first-order valence-electron chi connectivity index (χ1n) is 10.3. The minimum Gasteiger partial charge on any atom is -0.322 e. The largest absolute Gasteiger partial charge is 0.322 e. The van der Waals surface area contributed by atoms with E-state index in [1.54, 1.807) is 6.08 Å². The van der Waals surface area contributed by atoms with E-state index in [2.05, 4.69) is 36.5 Å². The highest BCUT2D eigenvalue weighted by Crippen LogP contribution is 2.25. The molecular formula is C27H25N3O. The number of aromatic nitrogens is 2. The van der Waals surface area contributed by atoms with Gasteiger partial charge in [-0.1, -0.05) is 60.2 Å². The predicted molar refractivity (Wildman–Crippen MR) is 127 cm³/mol. The molecule has 4 nitrogen and oxygen atoms in total. The van der Waals surface area contributed by atoms with E-state index in [1.165, 1.54) is 5.56 Å². The molecule has 1 heterocycles. The van der Waals surface area contributed by atoms with Gasteiger partial charge in [-0.2, -0.15) is 5.10 Å². The number of carbonyl (C=O) groups is 1. The summed E-state index contributed by atoms with van der Waals surface area (Å²) in [6.45, 7) is 6.06. The molecule has 0 unspecified atom stereocenters. The third-order valence-corrected chi connectivity index (χ3v) is 5.15. The van der Waals surface area contributed by atoms with Crippen LogP contribution in [0.25, 0.3) is 23.0 Å². The van der Waals surface area contributed by atoms with Gasteiger partial charge in [0, 0.05) is 29.1 Å². The Balaban J connectivity index is 1.66. The van der Waals surface area contributed by atoms with E-state index in [9.17, 15) is 4.79 Å². The minimum atomic E-state index is -0.170. The van der Waals surface area contributed by atoms with Crippen LogP contribution in [-0.2, 0) is 4.79 Å². The Bertz CT molecular complexity index is 1240. The van der Waals surface area contributed by atoms with E-state index in [4.69, 9.17) is 5.10 Å². The van der Waals surface area contributed by atoms with Crippen molar-refractivity contribution >= 4 is 17.7 Å². The van der Waals surface area contributed by atoms with Crippen LogP contribution in [0.15, 0.2) is 85.1 Å². The maximum absolute atomic E-state index is 12.6. The lowest BCUT2D eigenvalue weighted by molar-refractivity contribution is -0.111. The highest BCUT2D eigenvalue weighted by molar-refractivity contribution is 6.02. The summed E-state index contributed by atoms with van der Waals surface area (Å²) in [7, 11) is 0. The molecule has 0 atom stereocenters. The van der Waals surface area contributed by atoms with Crippen molar-refractivity contribution in [1.82, 2.24) is 9.78 Å². The van der Waals surface area contributed by atoms with E-state index >= 15 is 0 Å². The number of nitrogens with one attached hydrogen (secondary N) is 1. The van der Waals surface area contributed by atoms with E-state index in [1.807, 2.05) is 79.3 Å². The van der Waals surface area contributed by atoms with Crippen LogP contribution in [0, 0.1) is 20.8 Å². The average Bonchev–Trinajstić information content (AvgIpc) is 3.20. The first-order chi connectivity index (χ1) is 15.0. The fraction of sp³-hybridized carbons (Fsp3) is 0.111. The molecule has 154 valence electrons. The number of anilines is 1. The normalized spacial score (nSPS) is 11.1. The number of rotatable bonds is 5. The van der Waals surface area contributed by atoms with Crippen molar-refractivity contribution in [2.45, 2.75) is 20.8 Å². The van der Waals surface area contributed by atoms with Crippen LogP contribution in [0.4, 0.5) is 5.69 Å². The van der Waals surface area contributed by atoms with Gasteiger partial charge >= 0.3 is 0 Å². The molecule has 4 heteroatoms. The van der Waals surface area contributed by atoms with Crippen molar-refractivity contribution in [2.24, 2.45) is 0 Å². The molecule has 31 heavy (non-hydrogen) atoms. The zero-order valence-corrected chi connectivity index (χ0v) is 18.0. The molecule has 0 saturated carbocycles. The molecular weight excluding hydrogens is 382 g/mol. The molecule has 0 aliphatic carbocycles. The van der Waals surface area contributed by atoms with Crippen molar-refractivity contribution in [1.29, 1.82) is 0 Å². The summed E-state index contributed by atoms with van der Waals surface area (Å²) in [6, 6.07) is 24.2. The molecule has 0 aliphatic heterocycles. The average molecular weight is 408 g/mol. The van der Waals surface area contributed by atoms with Crippen molar-refractivity contribution in [3.8, 4) is 16.9 Å². The third-order valence-electron chi connectivity index (χ3n) is 5.15. The molecule has 0 spiro atoms. The summed E-state index contributed by atoms with van der Waals surface area (Å²) in [6.07, 6.45) is 5.33. The standard InChI is InChI=1S/C27H25N3O/c1-19-10-13-22(14-11-19)27-23(18-30(29-27)24-7-5-4-6-8-24)15-16-26(31)28-25-17-20(2)9-12-21(25)3/h4-18H,1-3H3,(H,28,31)/b16-15+. The van der Waals surface area contributed by atoms with Crippen molar-refractivity contribution < 1.29 is 4.79 Å². The van der Waals surface area contributed by atoms with Gasteiger partial charge in [-0.25, -0.2) is 4.68 Å². The molecule has 1 N–H and O–H groups in total.